The van der Waals surface area contributed by atoms with Gasteiger partial charge in [-0.3, -0.25) is 14.5 Å². The summed E-state index contributed by atoms with van der Waals surface area (Å²) in [6.45, 7) is 3.87. The lowest BCUT2D eigenvalue weighted by molar-refractivity contribution is -0.125. The van der Waals surface area contributed by atoms with Crippen molar-refractivity contribution in [2.75, 3.05) is 6.61 Å². The van der Waals surface area contributed by atoms with Crippen molar-refractivity contribution in [1.82, 2.24) is 20.1 Å². The van der Waals surface area contributed by atoms with E-state index in [2.05, 4.69) is 15.4 Å². The molecule has 7 heteroatoms. The Morgan fingerprint density at radius 2 is 2.23 bits per heavy atom. The predicted octanol–water partition coefficient (Wildman–Crippen LogP) is 1.69. The van der Waals surface area contributed by atoms with Crippen LogP contribution >= 0.6 is 0 Å². The molecule has 0 bridgehead atoms. The third kappa shape index (κ3) is 4.22. The third-order valence-corrected chi connectivity index (χ3v) is 4.79. The van der Waals surface area contributed by atoms with Gasteiger partial charge in [-0.2, -0.15) is 5.10 Å². The average molecular weight is 358 g/mol. The molecule has 0 saturated heterocycles. The Morgan fingerprint density at radius 1 is 1.46 bits per heavy atom. The number of carbonyl (C=O) groups excluding carboxylic acids is 1. The summed E-state index contributed by atoms with van der Waals surface area (Å²) in [5, 5.41) is 16.9. The summed E-state index contributed by atoms with van der Waals surface area (Å²) in [6.07, 6.45) is 5.49. The highest BCUT2D eigenvalue weighted by atomic mass is 16.5. The lowest BCUT2D eigenvalue weighted by atomic mass is 9.75. The molecular formula is C19H26N4O3. The summed E-state index contributed by atoms with van der Waals surface area (Å²) in [5.41, 5.74) is 2.73. The highest BCUT2D eigenvalue weighted by Crippen LogP contribution is 2.37. The van der Waals surface area contributed by atoms with E-state index in [1.807, 2.05) is 39.2 Å². The number of aliphatic hydroxyl groups excluding tert-OH is 1. The number of nitrogens with zero attached hydrogens (tertiary/aromatic N) is 3. The molecule has 1 atom stereocenters. The van der Waals surface area contributed by atoms with Crippen molar-refractivity contribution in [2.24, 2.45) is 13.0 Å². The topological polar surface area (TPSA) is 89.3 Å². The van der Waals surface area contributed by atoms with E-state index in [1.54, 1.807) is 10.9 Å². The largest absolute Gasteiger partial charge is 0.482 e. The van der Waals surface area contributed by atoms with Gasteiger partial charge >= 0.3 is 0 Å². The SMILES string of the molecule is CCc1nc(C)ccc1OCC(=O)NC(c1cnn(C)c1)C1CC(O)C1. The van der Waals surface area contributed by atoms with Crippen molar-refractivity contribution >= 4 is 5.91 Å². The molecule has 1 unspecified atom stereocenters. The minimum absolute atomic E-state index is 0.0657. The molecule has 1 aliphatic carbocycles. The first-order chi connectivity index (χ1) is 12.5. The van der Waals surface area contributed by atoms with Gasteiger partial charge in [-0.15, -0.1) is 0 Å². The molecule has 3 rings (SSSR count). The van der Waals surface area contributed by atoms with Crippen LogP contribution in [0.1, 0.15) is 42.8 Å². The van der Waals surface area contributed by atoms with Gasteiger partial charge in [0, 0.05) is 24.5 Å². The van der Waals surface area contributed by atoms with Crippen LogP contribution in [0.2, 0.25) is 0 Å². The first-order valence-corrected chi connectivity index (χ1v) is 9.01. The highest BCUT2D eigenvalue weighted by Gasteiger charge is 2.36. The number of aliphatic hydroxyl groups is 1. The standard InChI is InChI=1S/C19H26N4O3/c1-4-16-17(6-5-12(2)21-16)26-11-18(25)22-19(13-7-15(24)8-13)14-9-20-23(3)10-14/h5-6,9-10,13,15,19,24H,4,7-8,11H2,1-3H3,(H,22,25). The quantitative estimate of drug-likeness (QED) is 0.786. The Kier molecular flexibility index (Phi) is 5.56. The number of ether oxygens (including phenoxy) is 1. The maximum Gasteiger partial charge on any atom is 0.258 e. The van der Waals surface area contributed by atoms with Crippen molar-refractivity contribution in [3.05, 3.63) is 41.5 Å². The number of hydrogen-bond acceptors (Lipinski definition) is 5. The second-order valence-electron chi connectivity index (χ2n) is 6.92. The molecule has 0 aromatic carbocycles. The van der Waals surface area contributed by atoms with Crippen LogP contribution in [-0.4, -0.2) is 38.5 Å². The van der Waals surface area contributed by atoms with Gasteiger partial charge in [-0.25, -0.2) is 0 Å². The zero-order valence-electron chi connectivity index (χ0n) is 15.5. The molecule has 0 aliphatic heterocycles. The number of nitrogens with one attached hydrogen (secondary N) is 1. The fourth-order valence-corrected chi connectivity index (χ4v) is 3.32. The number of aromatic nitrogens is 3. The Morgan fingerprint density at radius 3 is 2.85 bits per heavy atom. The lowest BCUT2D eigenvalue weighted by Gasteiger charge is -2.37. The van der Waals surface area contributed by atoms with Crippen molar-refractivity contribution in [2.45, 2.75) is 45.3 Å². The van der Waals surface area contributed by atoms with Crippen LogP contribution in [0.4, 0.5) is 0 Å². The van der Waals surface area contributed by atoms with Crippen LogP contribution in [-0.2, 0) is 18.3 Å². The molecule has 1 saturated carbocycles. The van der Waals surface area contributed by atoms with Crippen LogP contribution < -0.4 is 10.1 Å². The molecule has 2 heterocycles. The number of pyridine rings is 1. The van der Waals surface area contributed by atoms with Crippen molar-refractivity contribution in [3.8, 4) is 5.75 Å². The summed E-state index contributed by atoms with van der Waals surface area (Å²) >= 11 is 0. The predicted molar refractivity (Wildman–Crippen MR) is 96.7 cm³/mol. The summed E-state index contributed by atoms with van der Waals surface area (Å²) < 4.78 is 7.41. The van der Waals surface area contributed by atoms with Crippen LogP contribution in [0.15, 0.2) is 24.5 Å². The van der Waals surface area contributed by atoms with Gasteiger partial charge in [0.05, 0.1) is 24.0 Å². The van der Waals surface area contributed by atoms with Gasteiger partial charge in [0.25, 0.3) is 5.91 Å². The van der Waals surface area contributed by atoms with E-state index < -0.39 is 0 Å². The summed E-state index contributed by atoms with van der Waals surface area (Å²) in [7, 11) is 1.85. The van der Waals surface area contributed by atoms with E-state index in [1.165, 1.54) is 0 Å². The first-order valence-electron chi connectivity index (χ1n) is 9.01. The maximum atomic E-state index is 12.5. The second kappa shape index (κ2) is 7.86. The number of hydrogen-bond donors (Lipinski definition) is 2. The zero-order valence-corrected chi connectivity index (χ0v) is 15.5. The molecule has 1 fully saturated rings. The number of rotatable bonds is 7. The third-order valence-electron chi connectivity index (χ3n) is 4.79. The lowest BCUT2D eigenvalue weighted by Crippen LogP contribution is -2.42. The van der Waals surface area contributed by atoms with E-state index in [-0.39, 0.29) is 30.6 Å². The molecule has 140 valence electrons. The molecule has 26 heavy (non-hydrogen) atoms. The zero-order chi connectivity index (χ0) is 18.7. The van der Waals surface area contributed by atoms with E-state index in [0.717, 1.165) is 23.4 Å². The van der Waals surface area contributed by atoms with Gasteiger partial charge in [0.2, 0.25) is 0 Å². The van der Waals surface area contributed by atoms with Gasteiger partial charge in [-0.1, -0.05) is 6.92 Å². The number of carbonyl (C=O) groups is 1. The van der Waals surface area contributed by atoms with Gasteiger partial charge < -0.3 is 15.2 Å². The molecule has 2 N–H and O–H groups in total. The van der Waals surface area contributed by atoms with Gasteiger partial charge in [0.15, 0.2) is 6.61 Å². The fourth-order valence-electron chi connectivity index (χ4n) is 3.32. The maximum absolute atomic E-state index is 12.5. The van der Waals surface area contributed by atoms with Crippen LogP contribution in [0.3, 0.4) is 0 Å². The molecule has 2 aromatic rings. The number of aryl methyl sites for hydroxylation is 3. The molecule has 1 aliphatic rings. The van der Waals surface area contributed by atoms with Crippen LogP contribution in [0, 0.1) is 12.8 Å². The van der Waals surface area contributed by atoms with Crippen molar-refractivity contribution in [1.29, 1.82) is 0 Å². The highest BCUT2D eigenvalue weighted by molar-refractivity contribution is 5.78. The minimum atomic E-state index is -0.280. The van der Waals surface area contributed by atoms with E-state index in [9.17, 15) is 9.90 Å². The van der Waals surface area contributed by atoms with Gasteiger partial charge in [0.1, 0.15) is 5.75 Å². The van der Waals surface area contributed by atoms with Crippen LogP contribution in [0.5, 0.6) is 5.75 Å². The van der Waals surface area contributed by atoms with E-state index in [4.69, 9.17) is 4.74 Å². The average Bonchev–Trinajstić information content (AvgIpc) is 3.02. The summed E-state index contributed by atoms with van der Waals surface area (Å²) in [4.78, 5) is 16.9. The minimum Gasteiger partial charge on any atom is -0.482 e. The number of amides is 1. The molecular weight excluding hydrogens is 332 g/mol. The normalized spacial score (nSPS) is 20.3. The van der Waals surface area contributed by atoms with Crippen molar-refractivity contribution in [3.63, 3.8) is 0 Å². The molecule has 0 radical (unpaired) electrons. The van der Waals surface area contributed by atoms with Gasteiger partial charge in [-0.05, 0) is 44.2 Å². The summed E-state index contributed by atoms with van der Waals surface area (Å²) in [5.74, 6) is 0.665. The molecule has 7 nitrogen and oxygen atoms in total. The van der Waals surface area contributed by atoms with Crippen LogP contribution in [0.25, 0.3) is 0 Å². The molecule has 2 aromatic heterocycles. The molecule has 1 amide bonds. The Labute approximate surface area is 153 Å². The first kappa shape index (κ1) is 18.4. The monoisotopic (exact) mass is 358 g/mol. The van der Waals surface area contributed by atoms with E-state index >= 15 is 0 Å². The second-order valence-corrected chi connectivity index (χ2v) is 6.92. The van der Waals surface area contributed by atoms with Crippen molar-refractivity contribution < 1.29 is 14.6 Å². The summed E-state index contributed by atoms with van der Waals surface area (Å²) in [6, 6.07) is 3.57. The Hall–Kier alpha value is -2.41. The molecule has 0 spiro atoms. The van der Waals surface area contributed by atoms with E-state index in [0.29, 0.717) is 18.6 Å². The smallest absolute Gasteiger partial charge is 0.258 e. The Bertz CT molecular complexity index is 768. The fraction of sp³-hybridized carbons (Fsp3) is 0.526. The Balaban J connectivity index is 1.63.